The number of rotatable bonds is 3. The molecule has 0 aliphatic heterocycles. The van der Waals surface area contributed by atoms with Crippen LogP contribution in [0, 0.1) is 17.0 Å². The van der Waals surface area contributed by atoms with E-state index < -0.39 is 4.92 Å². The minimum Gasteiger partial charge on any atom is -0.324 e. The third kappa shape index (κ3) is 2.74. The minimum absolute atomic E-state index is 0.0232. The number of aryl methyl sites for hydroxylation is 1. The molecule has 1 atom stereocenters. The Labute approximate surface area is 110 Å². The fraction of sp³-hybridized carbons (Fsp3) is 0.231. The van der Waals surface area contributed by atoms with Crippen molar-refractivity contribution in [2.45, 2.75) is 19.9 Å². The molecule has 6 nitrogen and oxygen atoms in total. The summed E-state index contributed by atoms with van der Waals surface area (Å²) in [6.45, 7) is 3.71. The second-order valence-electron chi connectivity index (χ2n) is 4.33. The quantitative estimate of drug-likeness (QED) is 0.673. The first-order valence-corrected chi connectivity index (χ1v) is 5.83. The van der Waals surface area contributed by atoms with Gasteiger partial charge in [0, 0.05) is 41.2 Å². The predicted molar refractivity (Wildman–Crippen MR) is 71.5 cm³/mol. The third-order valence-electron chi connectivity index (χ3n) is 2.82. The van der Waals surface area contributed by atoms with Crippen LogP contribution in [0.1, 0.15) is 24.2 Å². The van der Waals surface area contributed by atoms with Crippen molar-refractivity contribution in [1.29, 1.82) is 0 Å². The van der Waals surface area contributed by atoms with Gasteiger partial charge in [0.15, 0.2) is 5.82 Å². The van der Waals surface area contributed by atoms with E-state index >= 15 is 0 Å². The summed E-state index contributed by atoms with van der Waals surface area (Å²) < 4.78 is 0. The van der Waals surface area contributed by atoms with Crippen LogP contribution < -0.4 is 5.73 Å². The van der Waals surface area contributed by atoms with Crippen LogP contribution in [0.15, 0.2) is 30.5 Å². The van der Waals surface area contributed by atoms with Crippen molar-refractivity contribution in [2.75, 3.05) is 0 Å². The number of non-ortho nitro benzene ring substituents is 1. The van der Waals surface area contributed by atoms with Gasteiger partial charge in [0.25, 0.3) is 5.69 Å². The average Bonchev–Trinajstić information content (AvgIpc) is 2.38. The smallest absolute Gasteiger partial charge is 0.270 e. The Hall–Kier alpha value is -2.34. The summed E-state index contributed by atoms with van der Waals surface area (Å²) in [4.78, 5) is 18.9. The molecule has 0 spiro atoms. The fourth-order valence-corrected chi connectivity index (χ4v) is 1.82. The molecule has 0 unspecified atom stereocenters. The molecule has 1 aromatic heterocycles. The molecule has 0 saturated carbocycles. The minimum atomic E-state index is -0.438. The second-order valence-corrected chi connectivity index (χ2v) is 4.33. The maximum absolute atomic E-state index is 10.7. The lowest BCUT2D eigenvalue weighted by Crippen LogP contribution is -2.09. The van der Waals surface area contributed by atoms with Gasteiger partial charge in [0.05, 0.1) is 4.92 Å². The highest BCUT2D eigenvalue weighted by molar-refractivity contribution is 5.59. The van der Waals surface area contributed by atoms with Crippen LogP contribution in [-0.4, -0.2) is 14.9 Å². The van der Waals surface area contributed by atoms with Crippen LogP contribution in [0.2, 0.25) is 0 Å². The van der Waals surface area contributed by atoms with E-state index in [1.807, 2.05) is 13.8 Å². The molecule has 0 amide bonds. The summed E-state index contributed by atoms with van der Waals surface area (Å²) in [5.41, 5.74) is 8.09. The summed E-state index contributed by atoms with van der Waals surface area (Å²) in [5.74, 6) is 0.464. The SMILES string of the molecule is Cc1nc(-c2cccc([N+](=O)[O-])c2)ncc1[C@@H](C)N. The van der Waals surface area contributed by atoms with Gasteiger partial charge < -0.3 is 5.73 Å². The number of aromatic nitrogens is 2. The average molecular weight is 258 g/mol. The van der Waals surface area contributed by atoms with Crippen LogP contribution in [0.25, 0.3) is 11.4 Å². The van der Waals surface area contributed by atoms with Crippen molar-refractivity contribution >= 4 is 5.69 Å². The predicted octanol–water partition coefficient (Wildman–Crippen LogP) is 2.38. The van der Waals surface area contributed by atoms with Crippen LogP contribution >= 0.6 is 0 Å². The lowest BCUT2D eigenvalue weighted by atomic mass is 10.1. The van der Waals surface area contributed by atoms with Crippen molar-refractivity contribution in [3.63, 3.8) is 0 Å². The van der Waals surface area contributed by atoms with E-state index in [1.165, 1.54) is 12.1 Å². The van der Waals surface area contributed by atoms with Gasteiger partial charge in [-0.15, -0.1) is 0 Å². The van der Waals surface area contributed by atoms with Gasteiger partial charge >= 0.3 is 0 Å². The highest BCUT2D eigenvalue weighted by atomic mass is 16.6. The molecule has 19 heavy (non-hydrogen) atoms. The molecule has 0 fully saturated rings. The van der Waals surface area contributed by atoms with E-state index in [9.17, 15) is 10.1 Å². The lowest BCUT2D eigenvalue weighted by Gasteiger charge is -2.09. The zero-order chi connectivity index (χ0) is 14.0. The highest BCUT2D eigenvalue weighted by Crippen LogP contribution is 2.22. The molecular formula is C13H14N4O2. The van der Waals surface area contributed by atoms with Gasteiger partial charge in [-0.25, -0.2) is 9.97 Å². The molecule has 98 valence electrons. The first-order valence-electron chi connectivity index (χ1n) is 5.83. The number of nitro groups is 1. The first-order chi connectivity index (χ1) is 8.99. The van der Waals surface area contributed by atoms with Crippen LogP contribution in [0.5, 0.6) is 0 Å². The van der Waals surface area contributed by atoms with Gasteiger partial charge in [0.1, 0.15) is 0 Å². The molecule has 6 heteroatoms. The molecule has 0 saturated heterocycles. The first kappa shape index (κ1) is 13.1. The summed E-state index contributed by atoms with van der Waals surface area (Å²) in [5, 5.41) is 10.7. The fourth-order valence-electron chi connectivity index (χ4n) is 1.82. The molecular weight excluding hydrogens is 244 g/mol. The monoisotopic (exact) mass is 258 g/mol. The summed E-state index contributed by atoms with van der Waals surface area (Å²) in [7, 11) is 0. The van der Waals surface area contributed by atoms with Crippen molar-refractivity contribution < 1.29 is 4.92 Å². The van der Waals surface area contributed by atoms with Crippen LogP contribution in [0.3, 0.4) is 0 Å². The van der Waals surface area contributed by atoms with Crippen molar-refractivity contribution in [3.8, 4) is 11.4 Å². The molecule has 0 radical (unpaired) electrons. The number of nitrogens with two attached hydrogens (primary N) is 1. The molecule has 1 heterocycles. The Morgan fingerprint density at radius 1 is 1.42 bits per heavy atom. The Kier molecular flexibility index (Phi) is 3.52. The Balaban J connectivity index is 2.45. The van der Waals surface area contributed by atoms with Gasteiger partial charge in [-0.2, -0.15) is 0 Å². The van der Waals surface area contributed by atoms with E-state index in [0.29, 0.717) is 11.4 Å². The zero-order valence-electron chi connectivity index (χ0n) is 10.7. The normalized spacial score (nSPS) is 12.2. The van der Waals surface area contributed by atoms with E-state index in [4.69, 9.17) is 5.73 Å². The molecule has 2 aromatic rings. The van der Waals surface area contributed by atoms with Gasteiger partial charge in [-0.3, -0.25) is 10.1 Å². The Bertz CT molecular complexity index is 626. The van der Waals surface area contributed by atoms with Gasteiger partial charge in [-0.1, -0.05) is 12.1 Å². The van der Waals surface area contributed by atoms with E-state index in [-0.39, 0.29) is 11.7 Å². The molecule has 0 aliphatic rings. The standard InChI is InChI=1S/C13H14N4O2/c1-8(14)12-7-15-13(16-9(12)2)10-4-3-5-11(6-10)17(18)19/h3-8H,14H2,1-2H3/t8-/m1/s1. The maximum Gasteiger partial charge on any atom is 0.270 e. The zero-order valence-corrected chi connectivity index (χ0v) is 10.7. The van der Waals surface area contributed by atoms with Crippen molar-refractivity contribution in [3.05, 3.63) is 51.8 Å². The molecule has 0 aliphatic carbocycles. The largest absolute Gasteiger partial charge is 0.324 e. The Morgan fingerprint density at radius 2 is 2.16 bits per heavy atom. The van der Waals surface area contributed by atoms with Gasteiger partial charge in [-0.05, 0) is 13.8 Å². The molecule has 1 aromatic carbocycles. The summed E-state index contributed by atoms with van der Waals surface area (Å²) in [6, 6.07) is 6.12. The van der Waals surface area contributed by atoms with Crippen molar-refractivity contribution in [2.24, 2.45) is 5.73 Å². The number of hydrogen-bond acceptors (Lipinski definition) is 5. The number of nitro benzene ring substituents is 1. The Morgan fingerprint density at radius 3 is 2.74 bits per heavy atom. The summed E-state index contributed by atoms with van der Waals surface area (Å²) in [6.07, 6.45) is 1.67. The second kappa shape index (κ2) is 5.11. The van der Waals surface area contributed by atoms with E-state index in [2.05, 4.69) is 9.97 Å². The lowest BCUT2D eigenvalue weighted by molar-refractivity contribution is -0.384. The van der Waals surface area contributed by atoms with Crippen molar-refractivity contribution in [1.82, 2.24) is 9.97 Å². The topological polar surface area (TPSA) is 94.9 Å². The number of hydrogen-bond donors (Lipinski definition) is 1. The third-order valence-corrected chi connectivity index (χ3v) is 2.82. The number of benzene rings is 1. The number of nitrogens with zero attached hydrogens (tertiary/aromatic N) is 3. The molecule has 0 bridgehead atoms. The molecule has 2 N–H and O–H groups in total. The van der Waals surface area contributed by atoms with Gasteiger partial charge in [0.2, 0.25) is 0 Å². The maximum atomic E-state index is 10.7. The summed E-state index contributed by atoms with van der Waals surface area (Å²) >= 11 is 0. The van der Waals surface area contributed by atoms with Crippen LogP contribution in [0.4, 0.5) is 5.69 Å². The van der Waals surface area contributed by atoms with Crippen LogP contribution in [-0.2, 0) is 0 Å². The molecule has 2 rings (SSSR count). The van der Waals surface area contributed by atoms with E-state index in [1.54, 1.807) is 18.3 Å². The highest BCUT2D eigenvalue weighted by Gasteiger charge is 2.11. The van der Waals surface area contributed by atoms with E-state index in [0.717, 1.165) is 11.3 Å².